The maximum Gasteiger partial charge on any atom is 0.260 e. The topological polar surface area (TPSA) is 64.2 Å². The third-order valence-electron chi connectivity index (χ3n) is 5.66. The fourth-order valence-electron chi connectivity index (χ4n) is 4.25. The van der Waals surface area contributed by atoms with Crippen molar-refractivity contribution in [3.05, 3.63) is 78.1 Å². The number of hydrogen-bond acceptors (Lipinski definition) is 3. The first-order chi connectivity index (χ1) is 15.2. The number of para-hydroxylation sites is 3. The highest BCUT2D eigenvalue weighted by Gasteiger charge is 2.11. The van der Waals surface area contributed by atoms with E-state index < -0.39 is 0 Å². The van der Waals surface area contributed by atoms with Gasteiger partial charge in [0.15, 0.2) is 0 Å². The summed E-state index contributed by atoms with van der Waals surface area (Å²) in [6.07, 6.45) is 1.69. The van der Waals surface area contributed by atoms with Gasteiger partial charge in [-0.1, -0.05) is 36.4 Å². The van der Waals surface area contributed by atoms with Gasteiger partial charge in [-0.05, 0) is 49.7 Å². The molecule has 5 aromatic rings. The molecule has 0 aliphatic rings. The van der Waals surface area contributed by atoms with Gasteiger partial charge in [0.2, 0.25) is 0 Å². The molecule has 6 heteroatoms. The van der Waals surface area contributed by atoms with Gasteiger partial charge < -0.3 is 9.13 Å². The number of hydrazone groups is 1. The van der Waals surface area contributed by atoms with Crippen LogP contribution in [0.4, 0.5) is 0 Å². The molecule has 0 aliphatic heterocycles. The summed E-state index contributed by atoms with van der Waals surface area (Å²) in [7, 11) is 0. The third-order valence-corrected chi connectivity index (χ3v) is 5.66. The number of fused-ring (bicyclic) bond motifs is 4. The maximum absolute atomic E-state index is 12.4. The quantitative estimate of drug-likeness (QED) is 0.340. The molecule has 0 fully saturated rings. The van der Waals surface area contributed by atoms with Crippen molar-refractivity contribution in [2.24, 2.45) is 5.10 Å². The van der Waals surface area contributed by atoms with Gasteiger partial charge in [-0.15, -0.1) is 0 Å². The largest absolute Gasteiger partial charge is 0.341 e. The summed E-state index contributed by atoms with van der Waals surface area (Å²) in [6, 6.07) is 22.5. The molecule has 0 spiro atoms. The summed E-state index contributed by atoms with van der Waals surface area (Å²) in [6.45, 7) is 5.14. The van der Waals surface area contributed by atoms with E-state index >= 15 is 0 Å². The van der Waals surface area contributed by atoms with Gasteiger partial charge in [-0.25, -0.2) is 10.4 Å². The summed E-state index contributed by atoms with van der Waals surface area (Å²) >= 11 is 0. The molecule has 1 N–H and O–H groups in total. The Bertz CT molecular complexity index is 1460. The van der Waals surface area contributed by atoms with Crippen LogP contribution in [0.25, 0.3) is 32.8 Å². The van der Waals surface area contributed by atoms with Crippen molar-refractivity contribution < 1.29 is 4.79 Å². The molecule has 0 saturated carbocycles. The second-order valence-electron chi connectivity index (χ2n) is 7.57. The van der Waals surface area contributed by atoms with Crippen molar-refractivity contribution in [3.63, 3.8) is 0 Å². The minimum absolute atomic E-state index is 0.173. The van der Waals surface area contributed by atoms with Gasteiger partial charge in [-0.3, -0.25) is 4.79 Å². The molecule has 154 valence electrons. The predicted molar refractivity (Wildman–Crippen MR) is 125 cm³/mol. The van der Waals surface area contributed by atoms with Crippen LogP contribution < -0.4 is 5.43 Å². The normalized spacial score (nSPS) is 11.8. The molecule has 1 amide bonds. The molecule has 5 rings (SSSR count). The van der Waals surface area contributed by atoms with E-state index in [9.17, 15) is 4.79 Å². The third kappa shape index (κ3) is 3.36. The van der Waals surface area contributed by atoms with Gasteiger partial charge in [0.25, 0.3) is 5.91 Å². The fourth-order valence-corrected chi connectivity index (χ4v) is 4.25. The fraction of sp³-hybridized carbons (Fsp3) is 0.160. The highest BCUT2D eigenvalue weighted by Crippen LogP contribution is 2.29. The Morgan fingerprint density at radius 1 is 0.968 bits per heavy atom. The lowest BCUT2D eigenvalue weighted by Crippen LogP contribution is -2.23. The van der Waals surface area contributed by atoms with Crippen LogP contribution in [0.1, 0.15) is 18.3 Å². The van der Waals surface area contributed by atoms with Crippen LogP contribution in [0, 0.1) is 6.92 Å². The monoisotopic (exact) mass is 409 g/mol. The Labute approximate surface area is 179 Å². The minimum Gasteiger partial charge on any atom is -0.341 e. The summed E-state index contributed by atoms with van der Waals surface area (Å²) in [5.74, 6) is 0.615. The molecule has 0 bridgehead atoms. The zero-order valence-electron chi connectivity index (χ0n) is 17.5. The van der Waals surface area contributed by atoms with E-state index in [2.05, 4.69) is 63.4 Å². The van der Waals surface area contributed by atoms with E-state index in [1.807, 2.05) is 41.8 Å². The number of imidazole rings is 1. The first-order valence-electron chi connectivity index (χ1n) is 10.4. The van der Waals surface area contributed by atoms with E-state index in [4.69, 9.17) is 0 Å². The number of carbonyl (C=O) groups is 1. The van der Waals surface area contributed by atoms with Crippen LogP contribution in [-0.2, 0) is 17.9 Å². The van der Waals surface area contributed by atoms with E-state index in [1.165, 1.54) is 21.8 Å². The Hall–Kier alpha value is -3.93. The second-order valence-corrected chi connectivity index (χ2v) is 7.57. The Morgan fingerprint density at radius 2 is 1.71 bits per heavy atom. The molecule has 3 aromatic carbocycles. The lowest BCUT2D eigenvalue weighted by atomic mass is 10.1. The van der Waals surface area contributed by atoms with Gasteiger partial charge >= 0.3 is 0 Å². The van der Waals surface area contributed by atoms with Crippen LogP contribution in [0.5, 0.6) is 0 Å². The lowest BCUT2D eigenvalue weighted by molar-refractivity contribution is -0.121. The molecule has 0 unspecified atom stereocenters. The van der Waals surface area contributed by atoms with Crippen molar-refractivity contribution in [1.82, 2.24) is 19.5 Å². The number of nitrogens with one attached hydrogen (secondary N) is 1. The maximum atomic E-state index is 12.4. The minimum atomic E-state index is -0.189. The second kappa shape index (κ2) is 7.72. The van der Waals surface area contributed by atoms with Crippen LogP contribution in [0.2, 0.25) is 0 Å². The number of benzene rings is 3. The van der Waals surface area contributed by atoms with Crippen molar-refractivity contribution in [3.8, 4) is 0 Å². The summed E-state index contributed by atoms with van der Waals surface area (Å²) in [4.78, 5) is 16.9. The first-order valence-corrected chi connectivity index (χ1v) is 10.4. The van der Waals surface area contributed by atoms with E-state index in [0.717, 1.165) is 29.0 Å². The van der Waals surface area contributed by atoms with Gasteiger partial charge in [0.05, 0.1) is 17.2 Å². The average Bonchev–Trinajstić information content (AvgIpc) is 3.27. The van der Waals surface area contributed by atoms with Crippen LogP contribution in [0.15, 0.2) is 71.8 Å². The summed E-state index contributed by atoms with van der Waals surface area (Å²) < 4.78 is 4.21. The molecular formula is C25H23N5O. The average molecular weight is 409 g/mol. The lowest BCUT2D eigenvalue weighted by Gasteiger charge is -2.05. The molecule has 2 aromatic heterocycles. The highest BCUT2D eigenvalue weighted by atomic mass is 16.2. The number of amides is 1. The molecular weight excluding hydrogens is 386 g/mol. The number of carbonyl (C=O) groups excluding carboxylic acids is 1. The van der Waals surface area contributed by atoms with E-state index in [-0.39, 0.29) is 12.5 Å². The van der Waals surface area contributed by atoms with Gasteiger partial charge in [0.1, 0.15) is 12.4 Å². The van der Waals surface area contributed by atoms with Crippen LogP contribution >= 0.6 is 0 Å². The molecule has 0 radical (unpaired) electrons. The first kappa shape index (κ1) is 19.1. The number of aryl methyl sites for hydroxylation is 2. The van der Waals surface area contributed by atoms with Gasteiger partial charge in [-0.2, -0.15) is 5.10 Å². The molecule has 0 atom stereocenters. The molecule has 6 nitrogen and oxygen atoms in total. The number of hydrogen-bond donors (Lipinski definition) is 1. The zero-order valence-corrected chi connectivity index (χ0v) is 17.5. The summed E-state index contributed by atoms with van der Waals surface area (Å²) in [5.41, 5.74) is 7.84. The van der Waals surface area contributed by atoms with Gasteiger partial charge in [0, 0.05) is 28.4 Å². The van der Waals surface area contributed by atoms with E-state index in [1.54, 1.807) is 6.21 Å². The van der Waals surface area contributed by atoms with E-state index in [0.29, 0.717) is 0 Å². The Morgan fingerprint density at radius 3 is 2.55 bits per heavy atom. The molecule has 0 aliphatic carbocycles. The smallest absolute Gasteiger partial charge is 0.260 e. The number of nitrogens with zero attached hydrogens (tertiary/aromatic N) is 4. The Balaban J connectivity index is 1.36. The molecule has 31 heavy (non-hydrogen) atoms. The molecule has 2 heterocycles. The number of aromatic nitrogens is 3. The van der Waals surface area contributed by atoms with Crippen molar-refractivity contribution in [1.29, 1.82) is 0 Å². The Kier molecular flexibility index (Phi) is 4.75. The predicted octanol–water partition coefficient (Wildman–Crippen LogP) is 4.62. The molecule has 0 saturated heterocycles. The number of rotatable bonds is 5. The standard InChI is InChI=1S/C25H23N5O/c1-3-29-22-10-6-4-8-19(22)20-14-18(12-13-23(20)29)15-26-28-25(31)16-30-17(2)27-21-9-5-7-11-24(21)30/h4-15H,3,16H2,1-2H3,(H,28,31)/b26-15+. The van der Waals surface area contributed by atoms with Crippen molar-refractivity contribution >= 4 is 45.0 Å². The SMILES string of the molecule is CCn1c2ccccc2c2cc(/C=N/NC(=O)Cn3c(C)nc4ccccc43)ccc21. The van der Waals surface area contributed by atoms with Crippen molar-refractivity contribution in [2.75, 3.05) is 0 Å². The van der Waals surface area contributed by atoms with Crippen molar-refractivity contribution in [2.45, 2.75) is 26.9 Å². The van der Waals surface area contributed by atoms with Crippen LogP contribution in [0.3, 0.4) is 0 Å². The highest BCUT2D eigenvalue weighted by molar-refractivity contribution is 6.09. The zero-order chi connectivity index (χ0) is 21.4. The summed E-state index contributed by atoms with van der Waals surface area (Å²) in [5, 5.41) is 6.59. The van der Waals surface area contributed by atoms with Crippen LogP contribution in [-0.4, -0.2) is 26.2 Å².